The Morgan fingerprint density at radius 3 is 2.59 bits per heavy atom. The van der Waals surface area contributed by atoms with Crippen LogP contribution in [0.3, 0.4) is 0 Å². The van der Waals surface area contributed by atoms with Gasteiger partial charge in [0.15, 0.2) is 0 Å². The van der Waals surface area contributed by atoms with Gasteiger partial charge < -0.3 is 5.73 Å². The average Bonchev–Trinajstić information content (AvgIpc) is 2.15. The molecule has 0 fully saturated rings. The first-order chi connectivity index (χ1) is 7.74. The fourth-order valence-corrected chi connectivity index (χ4v) is 2.38. The SMILES string of the molecule is CC(NC(C)(C)C(N)=O)c1ccc(Br)cc1Cl. The summed E-state index contributed by atoms with van der Waals surface area (Å²) in [5, 5.41) is 3.81. The molecule has 0 radical (unpaired) electrons. The lowest BCUT2D eigenvalue weighted by Gasteiger charge is -2.27. The van der Waals surface area contributed by atoms with Crippen LogP contribution in [0.25, 0.3) is 0 Å². The summed E-state index contributed by atoms with van der Waals surface area (Å²) < 4.78 is 0.924. The molecule has 94 valence electrons. The third kappa shape index (κ3) is 3.69. The quantitative estimate of drug-likeness (QED) is 0.896. The minimum Gasteiger partial charge on any atom is -0.368 e. The summed E-state index contributed by atoms with van der Waals surface area (Å²) in [7, 11) is 0. The zero-order valence-corrected chi connectivity index (χ0v) is 12.4. The largest absolute Gasteiger partial charge is 0.368 e. The molecule has 5 heteroatoms. The van der Waals surface area contributed by atoms with E-state index in [4.69, 9.17) is 17.3 Å². The number of carbonyl (C=O) groups excluding carboxylic acids is 1. The number of rotatable bonds is 4. The summed E-state index contributed by atoms with van der Waals surface area (Å²) in [5.74, 6) is -0.391. The molecule has 3 N–H and O–H groups in total. The first kappa shape index (κ1) is 14.5. The van der Waals surface area contributed by atoms with E-state index in [-0.39, 0.29) is 6.04 Å². The van der Waals surface area contributed by atoms with Crippen molar-refractivity contribution in [2.75, 3.05) is 0 Å². The first-order valence-corrected chi connectivity index (χ1v) is 6.43. The van der Waals surface area contributed by atoms with Crippen LogP contribution in [0, 0.1) is 0 Å². The van der Waals surface area contributed by atoms with Gasteiger partial charge >= 0.3 is 0 Å². The Labute approximate surface area is 115 Å². The molecular formula is C12H16BrClN2O. The number of hydrogen-bond donors (Lipinski definition) is 2. The van der Waals surface area contributed by atoms with E-state index in [0.717, 1.165) is 10.0 Å². The van der Waals surface area contributed by atoms with Gasteiger partial charge in [-0.2, -0.15) is 0 Å². The molecular weight excluding hydrogens is 304 g/mol. The summed E-state index contributed by atoms with van der Waals surface area (Å²) in [6.07, 6.45) is 0. The van der Waals surface area contributed by atoms with E-state index < -0.39 is 11.4 Å². The maximum atomic E-state index is 11.2. The first-order valence-electron chi connectivity index (χ1n) is 5.26. The topological polar surface area (TPSA) is 55.1 Å². The molecule has 0 aliphatic carbocycles. The monoisotopic (exact) mass is 318 g/mol. The number of primary amides is 1. The zero-order valence-electron chi connectivity index (χ0n) is 10.1. The zero-order chi connectivity index (χ0) is 13.2. The molecule has 0 aliphatic rings. The summed E-state index contributed by atoms with van der Waals surface area (Å²) in [6.45, 7) is 5.44. The maximum Gasteiger partial charge on any atom is 0.237 e. The third-order valence-corrected chi connectivity index (χ3v) is 3.44. The van der Waals surface area contributed by atoms with Gasteiger partial charge in [-0.1, -0.05) is 33.6 Å². The van der Waals surface area contributed by atoms with Crippen LogP contribution in [0.5, 0.6) is 0 Å². The number of carbonyl (C=O) groups is 1. The van der Waals surface area contributed by atoms with Crippen LogP contribution in [0.4, 0.5) is 0 Å². The van der Waals surface area contributed by atoms with Gasteiger partial charge in [0.1, 0.15) is 0 Å². The number of benzene rings is 1. The second kappa shape index (κ2) is 5.38. The molecule has 0 heterocycles. The van der Waals surface area contributed by atoms with Crippen molar-refractivity contribution in [2.24, 2.45) is 5.73 Å². The molecule has 0 saturated carbocycles. The summed E-state index contributed by atoms with van der Waals surface area (Å²) in [4.78, 5) is 11.2. The highest BCUT2D eigenvalue weighted by atomic mass is 79.9. The Bertz CT molecular complexity index is 435. The van der Waals surface area contributed by atoms with Gasteiger partial charge in [0.2, 0.25) is 5.91 Å². The minimum atomic E-state index is -0.768. The standard InChI is InChI=1S/C12H16BrClN2O/c1-7(16-12(2,3)11(15)17)9-5-4-8(13)6-10(9)14/h4-7,16H,1-3H3,(H2,15,17). The third-order valence-electron chi connectivity index (χ3n) is 2.62. The van der Waals surface area contributed by atoms with Crippen molar-refractivity contribution in [2.45, 2.75) is 32.4 Å². The van der Waals surface area contributed by atoms with E-state index in [1.165, 1.54) is 0 Å². The number of amides is 1. The Balaban J connectivity index is 2.90. The van der Waals surface area contributed by atoms with Crippen LogP contribution in [-0.4, -0.2) is 11.4 Å². The molecule has 1 atom stereocenters. The molecule has 17 heavy (non-hydrogen) atoms. The molecule has 0 saturated heterocycles. The summed E-state index contributed by atoms with van der Waals surface area (Å²) in [6, 6.07) is 5.60. The van der Waals surface area contributed by atoms with Gasteiger partial charge in [0.05, 0.1) is 5.54 Å². The Morgan fingerprint density at radius 2 is 2.12 bits per heavy atom. The van der Waals surface area contributed by atoms with Gasteiger partial charge in [-0.25, -0.2) is 0 Å². The molecule has 1 aromatic rings. The highest BCUT2D eigenvalue weighted by Gasteiger charge is 2.27. The normalized spacial score (nSPS) is 13.5. The van der Waals surface area contributed by atoms with Crippen molar-refractivity contribution >= 4 is 33.4 Å². The lowest BCUT2D eigenvalue weighted by atomic mass is 10.0. The Kier molecular flexibility index (Phi) is 4.58. The molecule has 0 spiro atoms. The molecule has 1 amide bonds. The molecule has 1 unspecified atom stereocenters. The number of hydrogen-bond acceptors (Lipinski definition) is 2. The van der Waals surface area contributed by atoms with Gasteiger partial charge in [-0.3, -0.25) is 10.1 Å². The summed E-state index contributed by atoms with van der Waals surface area (Å²) >= 11 is 9.50. The van der Waals surface area contributed by atoms with Crippen LogP contribution in [0.1, 0.15) is 32.4 Å². The van der Waals surface area contributed by atoms with Crippen LogP contribution < -0.4 is 11.1 Å². The molecule has 0 aliphatic heterocycles. The lowest BCUT2D eigenvalue weighted by molar-refractivity contribution is -0.123. The van der Waals surface area contributed by atoms with Crippen molar-refractivity contribution < 1.29 is 4.79 Å². The molecule has 3 nitrogen and oxygen atoms in total. The van der Waals surface area contributed by atoms with E-state index >= 15 is 0 Å². The predicted molar refractivity (Wildman–Crippen MR) is 74.0 cm³/mol. The summed E-state index contributed by atoms with van der Waals surface area (Å²) in [5.41, 5.74) is 5.48. The van der Waals surface area contributed by atoms with Crippen LogP contribution in [0.2, 0.25) is 5.02 Å². The highest BCUT2D eigenvalue weighted by molar-refractivity contribution is 9.10. The van der Waals surface area contributed by atoms with Gasteiger partial charge in [-0.15, -0.1) is 0 Å². The lowest BCUT2D eigenvalue weighted by Crippen LogP contribution is -2.51. The van der Waals surface area contributed by atoms with Crippen LogP contribution >= 0.6 is 27.5 Å². The van der Waals surface area contributed by atoms with Crippen molar-refractivity contribution in [1.82, 2.24) is 5.32 Å². The number of nitrogens with one attached hydrogen (secondary N) is 1. The van der Waals surface area contributed by atoms with E-state index in [2.05, 4.69) is 21.2 Å². The molecule has 0 bridgehead atoms. The maximum absolute atomic E-state index is 11.2. The van der Waals surface area contributed by atoms with E-state index in [9.17, 15) is 4.79 Å². The second-order valence-electron chi connectivity index (χ2n) is 4.52. The Hall–Kier alpha value is -0.580. The van der Waals surface area contributed by atoms with E-state index in [1.54, 1.807) is 13.8 Å². The number of nitrogens with two attached hydrogens (primary N) is 1. The van der Waals surface area contributed by atoms with Gasteiger partial charge in [-0.05, 0) is 38.5 Å². The number of halogens is 2. The van der Waals surface area contributed by atoms with Gasteiger partial charge in [0, 0.05) is 15.5 Å². The molecule has 1 rings (SSSR count). The molecule has 1 aromatic carbocycles. The van der Waals surface area contributed by atoms with Crippen molar-refractivity contribution in [3.8, 4) is 0 Å². The van der Waals surface area contributed by atoms with Crippen LogP contribution in [0.15, 0.2) is 22.7 Å². The minimum absolute atomic E-state index is 0.0573. The smallest absolute Gasteiger partial charge is 0.237 e. The highest BCUT2D eigenvalue weighted by Crippen LogP contribution is 2.27. The van der Waals surface area contributed by atoms with Crippen LogP contribution in [-0.2, 0) is 4.79 Å². The molecule has 0 aromatic heterocycles. The van der Waals surface area contributed by atoms with Crippen molar-refractivity contribution in [1.29, 1.82) is 0 Å². The van der Waals surface area contributed by atoms with E-state index in [0.29, 0.717) is 5.02 Å². The fourth-order valence-electron chi connectivity index (χ4n) is 1.54. The van der Waals surface area contributed by atoms with E-state index in [1.807, 2.05) is 25.1 Å². The Morgan fingerprint density at radius 1 is 1.53 bits per heavy atom. The van der Waals surface area contributed by atoms with Gasteiger partial charge in [0.25, 0.3) is 0 Å². The fraction of sp³-hybridized carbons (Fsp3) is 0.417. The predicted octanol–water partition coefficient (Wildman–Crippen LogP) is 3.02. The second-order valence-corrected chi connectivity index (χ2v) is 5.84. The average molecular weight is 320 g/mol. The van der Waals surface area contributed by atoms with Crippen molar-refractivity contribution in [3.05, 3.63) is 33.3 Å². The van der Waals surface area contributed by atoms with Crippen molar-refractivity contribution in [3.63, 3.8) is 0 Å².